The maximum atomic E-state index is 5.99. The number of aryl methyl sites for hydroxylation is 2. The molecule has 0 saturated heterocycles. The summed E-state index contributed by atoms with van der Waals surface area (Å²) in [6.07, 6.45) is 3.89. The quantitative estimate of drug-likeness (QED) is 0.729. The molecule has 0 aliphatic rings. The van der Waals surface area contributed by atoms with E-state index in [1.807, 2.05) is 37.4 Å². The van der Waals surface area contributed by atoms with E-state index in [2.05, 4.69) is 15.6 Å². The lowest BCUT2D eigenvalue weighted by atomic mass is 10.2. The van der Waals surface area contributed by atoms with Gasteiger partial charge in [0.15, 0.2) is 5.65 Å². The molecule has 0 saturated carbocycles. The summed E-state index contributed by atoms with van der Waals surface area (Å²) in [6.45, 7) is 3.60. The second-order valence-electron chi connectivity index (χ2n) is 5.45. The number of benzene rings is 1. The number of fused-ring (bicyclic) bond motifs is 1. The summed E-state index contributed by atoms with van der Waals surface area (Å²) in [4.78, 5) is 9.34. The fraction of sp³-hybridized carbons (Fsp3) is 0.294. The number of aromatic nitrogens is 3. The van der Waals surface area contributed by atoms with E-state index in [-0.39, 0.29) is 0 Å². The van der Waals surface area contributed by atoms with E-state index in [9.17, 15) is 0 Å². The standard InChI is InChI=1S/C17H19ClN4/c1-12-10-15-17(20-11-12)22(9-3-2-8-19)16(21-15)13-4-6-14(18)7-5-13/h4-7,10-11H,2-3,8-9,19H2,1H3. The third kappa shape index (κ3) is 2.98. The van der Waals surface area contributed by atoms with Crippen molar-refractivity contribution in [1.29, 1.82) is 0 Å². The minimum Gasteiger partial charge on any atom is -0.330 e. The van der Waals surface area contributed by atoms with Crippen LogP contribution in [0.3, 0.4) is 0 Å². The third-order valence-electron chi connectivity index (χ3n) is 3.66. The molecule has 0 aliphatic carbocycles. The van der Waals surface area contributed by atoms with Gasteiger partial charge >= 0.3 is 0 Å². The normalized spacial score (nSPS) is 11.2. The summed E-state index contributed by atoms with van der Waals surface area (Å²) in [5.41, 5.74) is 9.62. The summed E-state index contributed by atoms with van der Waals surface area (Å²) in [6, 6.07) is 9.84. The average molecular weight is 315 g/mol. The van der Waals surface area contributed by atoms with Crippen molar-refractivity contribution in [2.24, 2.45) is 5.73 Å². The number of imidazole rings is 1. The van der Waals surface area contributed by atoms with Crippen LogP contribution in [0.5, 0.6) is 0 Å². The first-order chi connectivity index (χ1) is 10.7. The van der Waals surface area contributed by atoms with Crippen molar-refractivity contribution in [2.75, 3.05) is 6.54 Å². The van der Waals surface area contributed by atoms with Crippen LogP contribution >= 0.6 is 11.6 Å². The van der Waals surface area contributed by atoms with Crippen molar-refractivity contribution in [3.8, 4) is 11.4 Å². The Bertz CT molecular complexity index is 777. The lowest BCUT2D eigenvalue weighted by molar-refractivity contribution is 0.628. The Morgan fingerprint density at radius 1 is 1.18 bits per heavy atom. The molecule has 0 radical (unpaired) electrons. The van der Waals surface area contributed by atoms with Crippen molar-refractivity contribution in [1.82, 2.24) is 14.5 Å². The molecule has 1 aromatic carbocycles. The van der Waals surface area contributed by atoms with Crippen molar-refractivity contribution in [2.45, 2.75) is 26.3 Å². The Kier molecular flexibility index (Phi) is 4.41. The molecule has 2 aromatic heterocycles. The van der Waals surface area contributed by atoms with E-state index in [1.54, 1.807) is 0 Å². The van der Waals surface area contributed by atoms with E-state index in [0.29, 0.717) is 6.54 Å². The molecule has 0 spiro atoms. The molecule has 4 nitrogen and oxygen atoms in total. The monoisotopic (exact) mass is 314 g/mol. The summed E-state index contributed by atoms with van der Waals surface area (Å²) in [7, 11) is 0. The molecule has 0 amide bonds. The van der Waals surface area contributed by atoms with Crippen molar-refractivity contribution in [3.05, 3.63) is 47.1 Å². The number of nitrogens with two attached hydrogens (primary N) is 1. The van der Waals surface area contributed by atoms with Gasteiger partial charge in [0.1, 0.15) is 11.3 Å². The molecule has 2 N–H and O–H groups in total. The number of pyridine rings is 1. The minimum absolute atomic E-state index is 0.704. The Balaban J connectivity index is 2.10. The second kappa shape index (κ2) is 6.46. The number of hydrogen-bond donors (Lipinski definition) is 1. The maximum absolute atomic E-state index is 5.99. The van der Waals surface area contributed by atoms with Crippen molar-refractivity contribution < 1.29 is 0 Å². The molecule has 2 heterocycles. The van der Waals surface area contributed by atoms with Gasteiger partial charge in [-0.1, -0.05) is 11.6 Å². The van der Waals surface area contributed by atoms with Crippen molar-refractivity contribution >= 4 is 22.8 Å². The van der Waals surface area contributed by atoms with Gasteiger partial charge in [-0.05, 0) is 62.2 Å². The van der Waals surface area contributed by atoms with Gasteiger partial charge in [0.25, 0.3) is 0 Å². The largest absolute Gasteiger partial charge is 0.330 e. The molecular formula is C17H19ClN4. The van der Waals surface area contributed by atoms with Gasteiger partial charge in [0.05, 0.1) is 0 Å². The summed E-state index contributed by atoms with van der Waals surface area (Å²) in [5.74, 6) is 0.932. The molecule has 0 aliphatic heterocycles. The van der Waals surface area contributed by atoms with Gasteiger partial charge in [-0.25, -0.2) is 9.97 Å². The highest BCUT2D eigenvalue weighted by molar-refractivity contribution is 6.30. The molecule has 114 valence electrons. The fourth-order valence-corrected chi connectivity index (χ4v) is 2.68. The van der Waals surface area contributed by atoms with Gasteiger partial charge in [-0.15, -0.1) is 0 Å². The van der Waals surface area contributed by atoms with Crippen LogP contribution in [0.4, 0.5) is 0 Å². The van der Waals surface area contributed by atoms with Crippen LogP contribution in [0.15, 0.2) is 36.5 Å². The van der Waals surface area contributed by atoms with Gasteiger partial charge in [-0.3, -0.25) is 0 Å². The van der Waals surface area contributed by atoms with Gasteiger partial charge < -0.3 is 10.3 Å². The number of hydrogen-bond acceptors (Lipinski definition) is 3. The van der Waals surface area contributed by atoms with Crippen molar-refractivity contribution in [3.63, 3.8) is 0 Å². The topological polar surface area (TPSA) is 56.7 Å². The number of rotatable bonds is 5. The molecule has 0 unspecified atom stereocenters. The van der Waals surface area contributed by atoms with E-state index < -0.39 is 0 Å². The predicted molar refractivity (Wildman–Crippen MR) is 91.0 cm³/mol. The van der Waals surface area contributed by atoms with E-state index >= 15 is 0 Å². The predicted octanol–water partition coefficient (Wildman–Crippen LogP) is 3.80. The lowest BCUT2D eigenvalue weighted by Gasteiger charge is -2.08. The molecule has 3 rings (SSSR count). The van der Waals surface area contributed by atoms with E-state index in [4.69, 9.17) is 22.3 Å². The highest BCUT2D eigenvalue weighted by atomic mass is 35.5. The van der Waals surface area contributed by atoms with Crippen LogP contribution < -0.4 is 5.73 Å². The van der Waals surface area contributed by atoms with Crippen LogP contribution in [-0.4, -0.2) is 21.1 Å². The molecule has 0 bridgehead atoms. The van der Waals surface area contributed by atoms with Gasteiger partial charge in [-0.2, -0.15) is 0 Å². The zero-order chi connectivity index (χ0) is 15.5. The molecule has 5 heteroatoms. The molecule has 0 fully saturated rings. The summed E-state index contributed by atoms with van der Waals surface area (Å²) in [5, 5.41) is 0.725. The SMILES string of the molecule is Cc1cnc2c(c1)nc(-c1ccc(Cl)cc1)n2CCCCN. The minimum atomic E-state index is 0.704. The zero-order valence-electron chi connectivity index (χ0n) is 12.6. The summed E-state index contributed by atoms with van der Waals surface area (Å²) >= 11 is 5.99. The highest BCUT2D eigenvalue weighted by Gasteiger charge is 2.13. The first kappa shape index (κ1) is 15.0. The molecule has 0 atom stereocenters. The maximum Gasteiger partial charge on any atom is 0.160 e. The van der Waals surface area contributed by atoms with Crippen LogP contribution in [0.2, 0.25) is 5.02 Å². The average Bonchev–Trinajstić information content (AvgIpc) is 2.86. The Morgan fingerprint density at radius 3 is 2.68 bits per heavy atom. The summed E-state index contributed by atoms with van der Waals surface area (Å²) < 4.78 is 2.17. The first-order valence-corrected chi connectivity index (χ1v) is 7.86. The number of nitrogens with zero attached hydrogens (tertiary/aromatic N) is 3. The first-order valence-electron chi connectivity index (χ1n) is 7.48. The second-order valence-corrected chi connectivity index (χ2v) is 5.88. The highest BCUT2D eigenvalue weighted by Crippen LogP contribution is 2.26. The molecular weight excluding hydrogens is 296 g/mol. The number of halogens is 1. The van der Waals surface area contributed by atoms with Gasteiger partial charge in [0.2, 0.25) is 0 Å². The Hall–Kier alpha value is -1.91. The van der Waals surface area contributed by atoms with Gasteiger partial charge in [0, 0.05) is 23.3 Å². The van der Waals surface area contributed by atoms with E-state index in [1.165, 1.54) is 0 Å². The Morgan fingerprint density at radius 2 is 1.95 bits per heavy atom. The smallest absolute Gasteiger partial charge is 0.160 e. The zero-order valence-corrected chi connectivity index (χ0v) is 13.3. The molecule has 3 aromatic rings. The Labute approximate surface area is 134 Å². The van der Waals surface area contributed by atoms with Crippen LogP contribution in [0.25, 0.3) is 22.6 Å². The molecule has 22 heavy (non-hydrogen) atoms. The van der Waals surface area contributed by atoms with E-state index in [0.717, 1.165) is 52.5 Å². The third-order valence-corrected chi connectivity index (χ3v) is 3.91. The van der Waals surface area contributed by atoms with Crippen LogP contribution in [0, 0.1) is 6.92 Å². The van der Waals surface area contributed by atoms with Crippen LogP contribution in [0.1, 0.15) is 18.4 Å². The van der Waals surface area contributed by atoms with Crippen LogP contribution in [-0.2, 0) is 6.54 Å². The fourth-order valence-electron chi connectivity index (χ4n) is 2.56. The number of unbranched alkanes of at least 4 members (excludes halogenated alkanes) is 1. The lowest BCUT2D eigenvalue weighted by Crippen LogP contribution is -2.05.